The number of aliphatic hydroxyl groups excluding tert-OH is 1. The minimum Gasteiger partial charge on any atom is -0.388 e. The van der Waals surface area contributed by atoms with Gasteiger partial charge in [-0.05, 0) is 25.0 Å². The first kappa shape index (κ1) is 11.9. The maximum absolute atomic E-state index is 10.2. The zero-order chi connectivity index (χ0) is 12.3. The van der Waals surface area contributed by atoms with Crippen LogP contribution in [0, 0.1) is 13.8 Å². The van der Waals surface area contributed by atoms with Crippen LogP contribution in [0.15, 0.2) is 48.5 Å². The Bertz CT molecular complexity index is 485. The van der Waals surface area contributed by atoms with Crippen LogP contribution >= 0.6 is 0 Å². The molecule has 1 heteroatoms. The van der Waals surface area contributed by atoms with E-state index in [1.807, 2.05) is 31.2 Å². The maximum atomic E-state index is 10.2. The summed E-state index contributed by atoms with van der Waals surface area (Å²) in [5.74, 6) is 0. The predicted molar refractivity (Wildman–Crippen MR) is 71.0 cm³/mol. The quantitative estimate of drug-likeness (QED) is 0.848. The molecule has 2 rings (SSSR count). The highest BCUT2D eigenvalue weighted by Crippen LogP contribution is 2.19. The van der Waals surface area contributed by atoms with Crippen molar-refractivity contribution >= 4 is 0 Å². The van der Waals surface area contributed by atoms with E-state index >= 15 is 0 Å². The van der Waals surface area contributed by atoms with E-state index in [1.165, 1.54) is 16.7 Å². The lowest BCUT2D eigenvalue weighted by Crippen LogP contribution is -2.01. The fourth-order valence-electron chi connectivity index (χ4n) is 1.94. The zero-order valence-electron chi connectivity index (χ0n) is 10.4. The van der Waals surface area contributed by atoms with Crippen LogP contribution in [0.1, 0.15) is 28.4 Å². The van der Waals surface area contributed by atoms with Gasteiger partial charge in [0, 0.05) is 6.42 Å². The third-order valence-corrected chi connectivity index (χ3v) is 2.98. The van der Waals surface area contributed by atoms with Crippen molar-refractivity contribution in [1.82, 2.24) is 0 Å². The third-order valence-electron chi connectivity index (χ3n) is 2.98. The van der Waals surface area contributed by atoms with Crippen molar-refractivity contribution in [1.29, 1.82) is 0 Å². The topological polar surface area (TPSA) is 20.2 Å². The monoisotopic (exact) mass is 226 g/mol. The van der Waals surface area contributed by atoms with Crippen molar-refractivity contribution in [3.05, 3.63) is 70.8 Å². The SMILES string of the molecule is Cc1ccc(CC(O)c2cccc(C)c2)cc1. The molecule has 0 aliphatic heterocycles. The van der Waals surface area contributed by atoms with Gasteiger partial charge in [-0.15, -0.1) is 0 Å². The van der Waals surface area contributed by atoms with Crippen molar-refractivity contribution in [3.63, 3.8) is 0 Å². The zero-order valence-corrected chi connectivity index (χ0v) is 10.4. The summed E-state index contributed by atoms with van der Waals surface area (Å²) in [4.78, 5) is 0. The van der Waals surface area contributed by atoms with Crippen LogP contribution in [0.4, 0.5) is 0 Å². The molecule has 1 nitrogen and oxygen atoms in total. The van der Waals surface area contributed by atoms with Gasteiger partial charge in [0.2, 0.25) is 0 Å². The smallest absolute Gasteiger partial charge is 0.0830 e. The molecule has 88 valence electrons. The molecule has 0 aromatic heterocycles. The molecule has 0 aliphatic rings. The first-order valence-corrected chi connectivity index (χ1v) is 5.95. The van der Waals surface area contributed by atoms with Crippen molar-refractivity contribution in [3.8, 4) is 0 Å². The number of aliphatic hydroxyl groups is 1. The average molecular weight is 226 g/mol. The van der Waals surface area contributed by atoms with E-state index in [1.54, 1.807) is 0 Å². The van der Waals surface area contributed by atoms with E-state index in [9.17, 15) is 5.11 Å². The molecule has 2 aromatic rings. The Morgan fingerprint density at radius 3 is 2.29 bits per heavy atom. The molecule has 2 aromatic carbocycles. The van der Waals surface area contributed by atoms with Crippen molar-refractivity contribution < 1.29 is 5.11 Å². The lowest BCUT2D eigenvalue weighted by Gasteiger charge is -2.12. The molecule has 1 atom stereocenters. The van der Waals surface area contributed by atoms with Gasteiger partial charge < -0.3 is 5.11 Å². The summed E-state index contributed by atoms with van der Waals surface area (Å²) in [5, 5.41) is 10.2. The molecule has 1 N–H and O–H groups in total. The highest BCUT2D eigenvalue weighted by molar-refractivity contribution is 5.27. The second-order valence-electron chi connectivity index (χ2n) is 4.62. The second kappa shape index (κ2) is 5.15. The van der Waals surface area contributed by atoms with E-state index < -0.39 is 6.10 Å². The third kappa shape index (κ3) is 3.18. The Labute approximate surface area is 103 Å². The number of hydrogen-bond donors (Lipinski definition) is 1. The molecule has 17 heavy (non-hydrogen) atoms. The standard InChI is InChI=1S/C16H18O/c1-12-6-8-14(9-7-12)11-16(17)15-5-3-4-13(2)10-15/h3-10,16-17H,11H2,1-2H3. The van der Waals surface area contributed by atoms with Crippen LogP contribution in [-0.4, -0.2) is 5.11 Å². The van der Waals surface area contributed by atoms with Gasteiger partial charge in [0.1, 0.15) is 0 Å². The molecule has 0 bridgehead atoms. The molecule has 0 spiro atoms. The van der Waals surface area contributed by atoms with Gasteiger partial charge in [-0.1, -0.05) is 59.7 Å². The summed E-state index contributed by atoms with van der Waals surface area (Å²) in [5.41, 5.74) is 4.60. The van der Waals surface area contributed by atoms with Gasteiger partial charge in [0.25, 0.3) is 0 Å². The molecular formula is C16H18O. The first-order valence-electron chi connectivity index (χ1n) is 5.95. The Balaban J connectivity index is 2.11. The number of benzene rings is 2. The molecule has 0 saturated carbocycles. The number of aryl methyl sites for hydroxylation is 2. The second-order valence-corrected chi connectivity index (χ2v) is 4.62. The highest BCUT2D eigenvalue weighted by Gasteiger charge is 2.08. The molecule has 0 heterocycles. The molecule has 0 aliphatic carbocycles. The lowest BCUT2D eigenvalue weighted by atomic mass is 9.99. The van der Waals surface area contributed by atoms with Gasteiger partial charge in [-0.3, -0.25) is 0 Å². The lowest BCUT2D eigenvalue weighted by molar-refractivity contribution is 0.178. The van der Waals surface area contributed by atoms with Gasteiger partial charge in [-0.2, -0.15) is 0 Å². The predicted octanol–water partition coefficient (Wildman–Crippen LogP) is 3.58. The number of hydrogen-bond acceptors (Lipinski definition) is 1. The Morgan fingerprint density at radius 1 is 0.941 bits per heavy atom. The van der Waals surface area contributed by atoms with E-state index in [-0.39, 0.29) is 0 Å². The normalized spacial score (nSPS) is 12.4. The summed E-state index contributed by atoms with van der Waals surface area (Å²) in [6.07, 6.45) is 0.251. The molecule has 0 amide bonds. The fraction of sp³-hybridized carbons (Fsp3) is 0.250. The van der Waals surface area contributed by atoms with Gasteiger partial charge in [0.15, 0.2) is 0 Å². The minimum absolute atomic E-state index is 0.419. The molecule has 0 saturated heterocycles. The summed E-state index contributed by atoms with van der Waals surface area (Å²) >= 11 is 0. The van der Waals surface area contributed by atoms with Crippen LogP contribution in [0.25, 0.3) is 0 Å². The largest absolute Gasteiger partial charge is 0.388 e. The van der Waals surface area contributed by atoms with Crippen LogP contribution in [0.3, 0.4) is 0 Å². The summed E-state index contributed by atoms with van der Waals surface area (Å²) in [7, 11) is 0. The summed E-state index contributed by atoms with van der Waals surface area (Å²) < 4.78 is 0. The Kier molecular flexibility index (Phi) is 3.60. The van der Waals surface area contributed by atoms with Crippen LogP contribution in [0.5, 0.6) is 0 Å². The van der Waals surface area contributed by atoms with Crippen molar-refractivity contribution in [2.45, 2.75) is 26.4 Å². The van der Waals surface area contributed by atoms with E-state index in [2.05, 4.69) is 31.2 Å². The van der Waals surface area contributed by atoms with E-state index in [0.29, 0.717) is 6.42 Å². The summed E-state index contributed by atoms with van der Waals surface area (Å²) in [6, 6.07) is 16.4. The number of rotatable bonds is 3. The highest BCUT2D eigenvalue weighted by atomic mass is 16.3. The van der Waals surface area contributed by atoms with Gasteiger partial charge >= 0.3 is 0 Å². The average Bonchev–Trinajstić information content (AvgIpc) is 2.32. The fourth-order valence-corrected chi connectivity index (χ4v) is 1.94. The van der Waals surface area contributed by atoms with Crippen LogP contribution in [-0.2, 0) is 6.42 Å². The van der Waals surface area contributed by atoms with E-state index in [4.69, 9.17) is 0 Å². The Hall–Kier alpha value is -1.60. The molecular weight excluding hydrogens is 208 g/mol. The Morgan fingerprint density at radius 2 is 1.65 bits per heavy atom. The minimum atomic E-state index is -0.419. The first-order chi connectivity index (χ1) is 8.15. The van der Waals surface area contributed by atoms with Crippen LogP contribution in [0.2, 0.25) is 0 Å². The van der Waals surface area contributed by atoms with Crippen LogP contribution < -0.4 is 0 Å². The van der Waals surface area contributed by atoms with Gasteiger partial charge in [-0.25, -0.2) is 0 Å². The van der Waals surface area contributed by atoms with E-state index in [0.717, 1.165) is 5.56 Å². The van der Waals surface area contributed by atoms with Crippen molar-refractivity contribution in [2.24, 2.45) is 0 Å². The molecule has 0 radical (unpaired) electrons. The molecule has 1 unspecified atom stereocenters. The van der Waals surface area contributed by atoms with Crippen molar-refractivity contribution in [2.75, 3.05) is 0 Å². The summed E-state index contributed by atoms with van der Waals surface area (Å²) in [6.45, 7) is 4.11. The maximum Gasteiger partial charge on any atom is 0.0830 e. The van der Waals surface area contributed by atoms with Gasteiger partial charge in [0.05, 0.1) is 6.10 Å². The molecule has 0 fully saturated rings.